The van der Waals surface area contributed by atoms with Crippen LogP contribution in [0.2, 0.25) is 0 Å². The molecule has 2 heterocycles. The summed E-state index contributed by atoms with van der Waals surface area (Å²) in [6.45, 7) is 3.53. The van der Waals surface area contributed by atoms with Gasteiger partial charge in [-0.2, -0.15) is 0 Å². The fourth-order valence-electron chi connectivity index (χ4n) is 3.21. The number of likely N-dealkylation sites (tertiary alicyclic amines) is 1. The summed E-state index contributed by atoms with van der Waals surface area (Å²) in [7, 11) is 0. The molecule has 2 atom stereocenters. The number of hydrogen-bond donors (Lipinski definition) is 3. The van der Waals surface area contributed by atoms with Crippen molar-refractivity contribution < 1.29 is 14.0 Å². The Morgan fingerprint density at radius 3 is 2.77 bits per heavy atom. The van der Waals surface area contributed by atoms with Crippen LogP contribution in [0.5, 0.6) is 0 Å². The van der Waals surface area contributed by atoms with Crippen LogP contribution in [0.15, 0.2) is 36.8 Å². The van der Waals surface area contributed by atoms with Crippen molar-refractivity contribution in [3.63, 3.8) is 0 Å². The Morgan fingerprint density at radius 1 is 1.35 bits per heavy atom. The van der Waals surface area contributed by atoms with E-state index in [-0.39, 0.29) is 29.7 Å². The molecular weight excluding hydrogens is 337 g/mol. The number of imidazole rings is 1. The zero-order chi connectivity index (χ0) is 18.5. The summed E-state index contributed by atoms with van der Waals surface area (Å²) < 4.78 is 13.0. The summed E-state index contributed by atoms with van der Waals surface area (Å²) in [5.41, 5.74) is 1.30. The van der Waals surface area contributed by atoms with Crippen molar-refractivity contribution in [2.45, 2.75) is 32.0 Å². The first kappa shape index (κ1) is 18.1. The summed E-state index contributed by atoms with van der Waals surface area (Å²) in [4.78, 5) is 33.8. The average Bonchev–Trinajstić information content (AvgIpc) is 3.26. The van der Waals surface area contributed by atoms with Crippen molar-refractivity contribution in [1.82, 2.24) is 25.5 Å². The molecule has 0 radical (unpaired) electrons. The Hall–Kier alpha value is -2.74. The van der Waals surface area contributed by atoms with E-state index in [0.29, 0.717) is 31.6 Å². The zero-order valence-electron chi connectivity index (χ0n) is 14.5. The number of carbonyl (C=O) groups excluding carboxylic acids is 2. The lowest BCUT2D eigenvalue weighted by molar-refractivity contribution is -0.125. The minimum absolute atomic E-state index is 0.0504. The second-order valence-electron chi connectivity index (χ2n) is 6.33. The molecule has 2 aromatic rings. The fraction of sp³-hybridized carbons (Fsp3) is 0.389. The second kappa shape index (κ2) is 8.09. The number of benzene rings is 1. The van der Waals surface area contributed by atoms with Crippen LogP contribution in [0.4, 0.5) is 4.39 Å². The van der Waals surface area contributed by atoms with Gasteiger partial charge in [0.05, 0.1) is 12.4 Å². The van der Waals surface area contributed by atoms with Gasteiger partial charge in [-0.15, -0.1) is 0 Å². The maximum absolute atomic E-state index is 13.0. The number of aromatic amines is 1. The van der Waals surface area contributed by atoms with Crippen LogP contribution in [0.25, 0.3) is 0 Å². The number of halogens is 1. The third kappa shape index (κ3) is 4.26. The SMILES string of the molecule is CCNC(=O)[C@@H]1C[C@@H](NC(=O)c2ccc(F)cc2)CN1Cc1cnc[nH]1. The number of nitrogens with zero attached hydrogens (tertiary/aromatic N) is 2. The first-order chi connectivity index (χ1) is 12.6. The number of likely N-dealkylation sites (N-methyl/N-ethyl adjacent to an activating group) is 1. The van der Waals surface area contributed by atoms with E-state index in [4.69, 9.17) is 0 Å². The van der Waals surface area contributed by atoms with Crippen LogP contribution in [-0.4, -0.2) is 51.9 Å². The Morgan fingerprint density at radius 2 is 2.12 bits per heavy atom. The number of hydrogen-bond acceptors (Lipinski definition) is 4. The third-order valence-corrected chi connectivity index (χ3v) is 4.43. The lowest BCUT2D eigenvalue weighted by Gasteiger charge is -2.22. The molecular formula is C18H22FN5O2. The Bertz CT molecular complexity index is 747. The molecule has 0 spiro atoms. The van der Waals surface area contributed by atoms with Gasteiger partial charge in [-0.25, -0.2) is 9.37 Å². The van der Waals surface area contributed by atoms with Crippen molar-refractivity contribution in [2.75, 3.05) is 13.1 Å². The molecule has 0 saturated carbocycles. The highest BCUT2D eigenvalue weighted by atomic mass is 19.1. The number of nitrogens with one attached hydrogen (secondary N) is 3. The number of amides is 2. The van der Waals surface area contributed by atoms with E-state index in [9.17, 15) is 14.0 Å². The molecule has 8 heteroatoms. The predicted octanol–water partition coefficient (Wildman–Crippen LogP) is 1.06. The van der Waals surface area contributed by atoms with Gasteiger partial charge in [-0.3, -0.25) is 14.5 Å². The van der Waals surface area contributed by atoms with Gasteiger partial charge in [0.15, 0.2) is 0 Å². The summed E-state index contributed by atoms with van der Waals surface area (Å²) >= 11 is 0. The Balaban J connectivity index is 1.67. The van der Waals surface area contributed by atoms with Gasteiger partial charge in [0.2, 0.25) is 5.91 Å². The number of H-pyrrole nitrogens is 1. The van der Waals surface area contributed by atoms with Gasteiger partial charge in [0.1, 0.15) is 5.82 Å². The van der Waals surface area contributed by atoms with Crippen LogP contribution in [0.3, 0.4) is 0 Å². The molecule has 1 fully saturated rings. The van der Waals surface area contributed by atoms with E-state index < -0.39 is 0 Å². The van der Waals surface area contributed by atoms with Crippen molar-refractivity contribution >= 4 is 11.8 Å². The summed E-state index contributed by atoms with van der Waals surface area (Å²) in [5, 5.41) is 5.79. The highest BCUT2D eigenvalue weighted by molar-refractivity contribution is 5.94. The second-order valence-corrected chi connectivity index (χ2v) is 6.33. The van der Waals surface area contributed by atoms with E-state index in [1.54, 1.807) is 12.5 Å². The molecule has 0 aliphatic carbocycles. The monoisotopic (exact) mass is 359 g/mol. The van der Waals surface area contributed by atoms with E-state index in [2.05, 4.69) is 20.6 Å². The van der Waals surface area contributed by atoms with Gasteiger partial charge in [0.25, 0.3) is 5.91 Å². The maximum atomic E-state index is 13.0. The quantitative estimate of drug-likeness (QED) is 0.719. The molecule has 3 N–H and O–H groups in total. The molecule has 1 saturated heterocycles. The minimum Gasteiger partial charge on any atom is -0.355 e. The van der Waals surface area contributed by atoms with Crippen LogP contribution < -0.4 is 10.6 Å². The van der Waals surface area contributed by atoms with Gasteiger partial charge in [-0.05, 0) is 37.6 Å². The largest absolute Gasteiger partial charge is 0.355 e. The lowest BCUT2D eigenvalue weighted by Crippen LogP contribution is -2.42. The van der Waals surface area contributed by atoms with Gasteiger partial charge in [0, 0.05) is 43.1 Å². The van der Waals surface area contributed by atoms with Crippen molar-refractivity contribution in [1.29, 1.82) is 0 Å². The average molecular weight is 359 g/mol. The van der Waals surface area contributed by atoms with Crippen LogP contribution in [0, 0.1) is 5.82 Å². The molecule has 1 aromatic carbocycles. The highest BCUT2D eigenvalue weighted by Gasteiger charge is 2.37. The number of carbonyl (C=O) groups is 2. The van der Waals surface area contributed by atoms with Gasteiger partial charge in [-0.1, -0.05) is 0 Å². The van der Waals surface area contributed by atoms with Crippen LogP contribution >= 0.6 is 0 Å². The molecule has 26 heavy (non-hydrogen) atoms. The standard InChI is InChI=1S/C18H22FN5O2/c1-2-21-18(26)16-7-14(9-24(16)10-15-8-20-11-22-15)23-17(25)12-3-5-13(19)6-4-12/h3-6,8,11,14,16H,2,7,9-10H2,1H3,(H,20,22)(H,21,26)(H,23,25)/t14-,16+/m1/s1. The van der Waals surface area contributed by atoms with Crippen molar-refractivity contribution in [3.8, 4) is 0 Å². The molecule has 138 valence electrons. The summed E-state index contributed by atoms with van der Waals surface area (Å²) in [6, 6.07) is 4.92. The molecule has 1 aliphatic rings. The van der Waals surface area contributed by atoms with Crippen molar-refractivity contribution in [3.05, 3.63) is 53.9 Å². The van der Waals surface area contributed by atoms with E-state index in [1.807, 2.05) is 11.8 Å². The van der Waals surface area contributed by atoms with Gasteiger partial charge >= 0.3 is 0 Å². The maximum Gasteiger partial charge on any atom is 0.251 e. The highest BCUT2D eigenvalue weighted by Crippen LogP contribution is 2.21. The Labute approximate surface area is 151 Å². The zero-order valence-corrected chi connectivity index (χ0v) is 14.5. The first-order valence-corrected chi connectivity index (χ1v) is 8.62. The summed E-state index contributed by atoms with van der Waals surface area (Å²) in [6.07, 6.45) is 3.84. The topological polar surface area (TPSA) is 90.1 Å². The van der Waals surface area contributed by atoms with Crippen LogP contribution in [0.1, 0.15) is 29.4 Å². The predicted molar refractivity (Wildman–Crippen MR) is 93.7 cm³/mol. The molecule has 1 aliphatic heterocycles. The van der Waals surface area contributed by atoms with E-state index in [0.717, 1.165) is 5.69 Å². The molecule has 2 amide bonds. The molecule has 1 aromatic heterocycles. The summed E-state index contributed by atoms with van der Waals surface area (Å²) in [5.74, 6) is -0.706. The van der Waals surface area contributed by atoms with Crippen molar-refractivity contribution in [2.24, 2.45) is 0 Å². The fourth-order valence-corrected chi connectivity index (χ4v) is 3.21. The van der Waals surface area contributed by atoms with E-state index in [1.165, 1.54) is 24.3 Å². The van der Waals surface area contributed by atoms with Crippen LogP contribution in [-0.2, 0) is 11.3 Å². The molecule has 3 rings (SSSR count). The first-order valence-electron chi connectivity index (χ1n) is 8.62. The Kier molecular flexibility index (Phi) is 5.62. The number of rotatable bonds is 6. The third-order valence-electron chi connectivity index (χ3n) is 4.43. The molecule has 7 nitrogen and oxygen atoms in total. The number of aromatic nitrogens is 2. The normalized spacial score (nSPS) is 20.1. The molecule has 0 unspecified atom stereocenters. The lowest BCUT2D eigenvalue weighted by atomic mass is 10.1. The van der Waals surface area contributed by atoms with Gasteiger partial charge < -0.3 is 15.6 Å². The molecule has 0 bridgehead atoms. The minimum atomic E-state index is -0.385. The smallest absolute Gasteiger partial charge is 0.251 e. The van der Waals surface area contributed by atoms with E-state index >= 15 is 0 Å².